The summed E-state index contributed by atoms with van der Waals surface area (Å²) in [5.41, 5.74) is -0.0250. The molecule has 0 aromatic carbocycles. The molecular weight excluding hydrogens is 238 g/mol. The van der Waals surface area contributed by atoms with Crippen LogP contribution in [0.25, 0.3) is 0 Å². The Balaban J connectivity index is 1.96. The Morgan fingerprint density at radius 3 is 1.89 bits per heavy atom. The summed E-state index contributed by atoms with van der Waals surface area (Å²) in [6.45, 7) is 6.37. The normalized spacial score (nSPS) is 43.9. The van der Waals surface area contributed by atoms with E-state index in [0.717, 1.165) is 24.9 Å². The highest BCUT2D eigenvalue weighted by Crippen LogP contribution is 2.61. The molecule has 3 nitrogen and oxygen atoms in total. The standard InChI is InChI=1S/C16H27NO2/c1-3-17(4-2)16(10-15(18)19)13-6-11-5-12(8-13)9-14(16)7-11/h11-14H,3-10H2,1-2H3,(H,18,19). The first-order valence-corrected chi connectivity index (χ1v) is 8.06. The molecule has 0 aromatic rings. The van der Waals surface area contributed by atoms with Crippen molar-refractivity contribution in [3.05, 3.63) is 0 Å². The Bertz CT molecular complexity index is 334. The van der Waals surface area contributed by atoms with Crippen molar-refractivity contribution in [1.82, 2.24) is 4.90 Å². The SMILES string of the molecule is CCN(CC)C1(CC(=O)O)C2CC3CC(C2)CC1C3. The van der Waals surface area contributed by atoms with Crippen molar-refractivity contribution in [3.8, 4) is 0 Å². The second kappa shape index (κ2) is 4.76. The summed E-state index contributed by atoms with van der Waals surface area (Å²) >= 11 is 0. The van der Waals surface area contributed by atoms with E-state index < -0.39 is 5.97 Å². The molecule has 4 bridgehead atoms. The van der Waals surface area contributed by atoms with E-state index in [1.807, 2.05) is 0 Å². The lowest BCUT2D eigenvalue weighted by Gasteiger charge is -2.64. The summed E-state index contributed by atoms with van der Waals surface area (Å²) in [6.07, 6.45) is 6.94. The Hall–Kier alpha value is -0.570. The van der Waals surface area contributed by atoms with E-state index >= 15 is 0 Å². The Morgan fingerprint density at radius 1 is 1.05 bits per heavy atom. The molecule has 1 N–H and O–H groups in total. The van der Waals surface area contributed by atoms with Crippen LogP contribution in [0.4, 0.5) is 0 Å². The van der Waals surface area contributed by atoms with E-state index in [0.29, 0.717) is 18.3 Å². The van der Waals surface area contributed by atoms with Gasteiger partial charge in [0, 0.05) is 5.54 Å². The van der Waals surface area contributed by atoms with Gasteiger partial charge < -0.3 is 5.11 Å². The maximum Gasteiger partial charge on any atom is 0.305 e. The molecule has 0 saturated heterocycles. The van der Waals surface area contributed by atoms with Gasteiger partial charge in [-0.05, 0) is 68.9 Å². The van der Waals surface area contributed by atoms with E-state index in [1.54, 1.807) is 0 Å². The third kappa shape index (κ3) is 1.93. The number of rotatable bonds is 5. The molecular formula is C16H27NO2. The zero-order valence-corrected chi connectivity index (χ0v) is 12.3. The van der Waals surface area contributed by atoms with Crippen LogP contribution < -0.4 is 0 Å². The van der Waals surface area contributed by atoms with Gasteiger partial charge in [0.1, 0.15) is 0 Å². The third-order valence-electron chi connectivity index (χ3n) is 6.34. The van der Waals surface area contributed by atoms with Crippen LogP contribution >= 0.6 is 0 Å². The van der Waals surface area contributed by atoms with E-state index in [-0.39, 0.29) is 5.54 Å². The van der Waals surface area contributed by atoms with Gasteiger partial charge in [0.25, 0.3) is 0 Å². The van der Waals surface area contributed by atoms with Crippen LogP contribution in [-0.2, 0) is 4.79 Å². The van der Waals surface area contributed by atoms with Gasteiger partial charge in [0.15, 0.2) is 0 Å². The summed E-state index contributed by atoms with van der Waals surface area (Å²) in [7, 11) is 0. The Labute approximate surface area is 116 Å². The number of nitrogens with zero attached hydrogens (tertiary/aromatic N) is 1. The number of hydrogen-bond acceptors (Lipinski definition) is 2. The molecule has 4 aliphatic rings. The molecule has 0 aromatic heterocycles. The van der Waals surface area contributed by atoms with Crippen molar-refractivity contribution in [3.63, 3.8) is 0 Å². The molecule has 0 amide bonds. The molecule has 4 aliphatic carbocycles. The fourth-order valence-electron chi connectivity index (χ4n) is 5.97. The van der Waals surface area contributed by atoms with Crippen LogP contribution in [0.5, 0.6) is 0 Å². The molecule has 19 heavy (non-hydrogen) atoms. The Morgan fingerprint density at radius 2 is 1.53 bits per heavy atom. The van der Waals surface area contributed by atoms with Crippen molar-refractivity contribution in [2.75, 3.05) is 13.1 Å². The zero-order chi connectivity index (χ0) is 13.6. The predicted octanol–water partition coefficient (Wildman–Crippen LogP) is 3.00. The van der Waals surface area contributed by atoms with Gasteiger partial charge in [-0.15, -0.1) is 0 Å². The first kappa shape index (κ1) is 13.4. The summed E-state index contributed by atoms with van der Waals surface area (Å²) in [4.78, 5) is 14.0. The minimum Gasteiger partial charge on any atom is -0.481 e. The van der Waals surface area contributed by atoms with Crippen LogP contribution in [0.15, 0.2) is 0 Å². The molecule has 3 heteroatoms. The lowest BCUT2D eigenvalue weighted by Crippen LogP contribution is -2.66. The van der Waals surface area contributed by atoms with E-state index in [9.17, 15) is 9.90 Å². The largest absolute Gasteiger partial charge is 0.481 e. The highest BCUT2D eigenvalue weighted by atomic mass is 16.4. The number of hydrogen-bond donors (Lipinski definition) is 1. The molecule has 0 radical (unpaired) electrons. The van der Waals surface area contributed by atoms with E-state index in [1.165, 1.54) is 32.1 Å². The quantitative estimate of drug-likeness (QED) is 0.830. The summed E-state index contributed by atoms with van der Waals surface area (Å²) < 4.78 is 0. The average Bonchev–Trinajstić information content (AvgIpc) is 2.35. The van der Waals surface area contributed by atoms with Gasteiger partial charge >= 0.3 is 5.97 Å². The second-order valence-electron chi connectivity index (χ2n) is 7.04. The van der Waals surface area contributed by atoms with Crippen molar-refractivity contribution < 1.29 is 9.90 Å². The summed E-state index contributed by atoms with van der Waals surface area (Å²) in [5, 5.41) is 9.48. The molecule has 0 unspecified atom stereocenters. The zero-order valence-electron chi connectivity index (χ0n) is 12.3. The molecule has 0 atom stereocenters. The van der Waals surface area contributed by atoms with Crippen molar-refractivity contribution in [2.24, 2.45) is 23.7 Å². The minimum absolute atomic E-state index is 0.0250. The topological polar surface area (TPSA) is 40.5 Å². The number of carboxylic acids is 1. The van der Waals surface area contributed by atoms with Gasteiger partial charge in [-0.25, -0.2) is 0 Å². The molecule has 4 saturated carbocycles. The molecule has 0 spiro atoms. The summed E-state index contributed by atoms with van der Waals surface area (Å²) in [6, 6.07) is 0. The molecule has 4 rings (SSSR count). The minimum atomic E-state index is -0.598. The molecule has 0 aliphatic heterocycles. The van der Waals surface area contributed by atoms with Crippen molar-refractivity contribution in [2.45, 2.75) is 57.9 Å². The average molecular weight is 265 g/mol. The lowest BCUT2D eigenvalue weighted by atomic mass is 9.47. The predicted molar refractivity (Wildman–Crippen MR) is 74.9 cm³/mol. The highest BCUT2D eigenvalue weighted by molar-refractivity contribution is 5.68. The molecule has 108 valence electrons. The van der Waals surface area contributed by atoms with Gasteiger partial charge in [-0.2, -0.15) is 0 Å². The maximum atomic E-state index is 11.5. The third-order valence-corrected chi connectivity index (χ3v) is 6.34. The Kier molecular flexibility index (Phi) is 3.36. The second-order valence-corrected chi connectivity index (χ2v) is 7.04. The summed E-state index contributed by atoms with van der Waals surface area (Å²) in [5.74, 6) is 2.49. The molecule has 0 heterocycles. The van der Waals surface area contributed by atoms with Gasteiger partial charge in [-0.3, -0.25) is 9.69 Å². The first-order chi connectivity index (χ1) is 9.10. The van der Waals surface area contributed by atoms with E-state index in [4.69, 9.17) is 0 Å². The van der Waals surface area contributed by atoms with Crippen molar-refractivity contribution in [1.29, 1.82) is 0 Å². The van der Waals surface area contributed by atoms with Gasteiger partial charge in [0.05, 0.1) is 6.42 Å². The smallest absolute Gasteiger partial charge is 0.305 e. The van der Waals surface area contributed by atoms with Crippen LogP contribution in [0, 0.1) is 23.7 Å². The monoisotopic (exact) mass is 265 g/mol. The fraction of sp³-hybridized carbons (Fsp3) is 0.938. The number of carboxylic acid groups (broad SMARTS) is 1. The number of aliphatic carboxylic acids is 1. The fourth-order valence-corrected chi connectivity index (χ4v) is 5.97. The lowest BCUT2D eigenvalue weighted by molar-refractivity contribution is -0.162. The maximum absolute atomic E-state index is 11.5. The number of carbonyl (C=O) groups is 1. The van der Waals surface area contributed by atoms with E-state index in [2.05, 4.69) is 18.7 Å². The molecule has 4 fully saturated rings. The van der Waals surface area contributed by atoms with Crippen LogP contribution in [0.2, 0.25) is 0 Å². The highest BCUT2D eigenvalue weighted by Gasteiger charge is 2.59. The van der Waals surface area contributed by atoms with Crippen LogP contribution in [0.3, 0.4) is 0 Å². The van der Waals surface area contributed by atoms with Crippen LogP contribution in [-0.4, -0.2) is 34.6 Å². The van der Waals surface area contributed by atoms with Crippen molar-refractivity contribution >= 4 is 5.97 Å². The van der Waals surface area contributed by atoms with Gasteiger partial charge in [-0.1, -0.05) is 13.8 Å². The first-order valence-electron chi connectivity index (χ1n) is 8.06. The van der Waals surface area contributed by atoms with Gasteiger partial charge in [0.2, 0.25) is 0 Å². The van der Waals surface area contributed by atoms with Crippen LogP contribution in [0.1, 0.15) is 52.4 Å².